The summed E-state index contributed by atoms with van der Waals surface area (Å²) in [7, 11) is -3.44. The molecule has 0 aliphatic carbocycles. The molecule has 1 aliphatic heterocycles. The molecule has 1 atom stereocenters. The van der Waals surface area contributed by atoms with Gasteiger partial charge in [0.15, 0.2) is 4.21 Å². The molecule has 0 bridgehead atoms. The molecular weight excluding hydrogens is 248 g/mol. The topological polar surface area (TPSA) is 70.5 Å². The zero-order chi connectivity index (χ0) is 11.8. The van der Waals surface area contributed by atoms with E-state index in [4.69, 9.17) is 0 Å². The molecule has 1 N–H and O–H groups in total. The number of thiazole rings is 1. The van der Waals surface area contributed by atoms with Gasteiger partial charge < -0.3 is 5.11 Å². The molecule has 0 spiro atoms. The lowest BCUT2D eigenvalue weighted by molar-refractivity contribution is 0.108. The summed E-state index contributed by atoms with van der Waals surface area (Å²) >= 11 is 1.17. The average Bonchev–Trinajstić information content (AvgIpc) is 2.65. The molecule has 16 heavy (non-hydrogen) atoms. The van der Waals surface area contributed by atoms with E-state index in [1.165, 1.54) is 21.8 Å². The molecule has 0 saturated carbocycles. The van der Waals surface area contributed by atoms with Crippen molar-refractivity contribution in [1.82, 2.24) is 9.29 Å². The van der Waals surface area contributed by atoms with Crippen LogP contribution in [0.15, 0.2) is 10.4 Å². The zero-order valence-corrected chi connectivity index (χ0v) is 10.6. The van der Waals surface area contributed by atoms with Gasteiger partial charge in [-0.15, -0.1) is 11.3 Å². The molecule has 1 aliphatic rings. The predicted molar refractivity (Wildman–Crippen MR) is 60.9 cm³/mol. The Labute approximate surface area is 98.8 Å². The maximum absolute atomic E-state index is 12.1. The van der Waals surface area contributed by atoms with E-state index in [9.17, 15) is 13.5 Å². The van der Waals surface area contributed by atoms with E-state index in [2.05, 4.69) is 4.98 Å². The summed E-state index contributed by atoms with van der Waals surface area (Å²) in [5.74, 6) is 0. The van der Waals surface area contributed by atoms with Gasteiger partial charge in [-0.2, -0.15) is 4.31 Å². The molecular formula is C9H14N2O3S2. The van der Waals surface area contributed by atoms with Crippen molar-refractivity contribution in [1.29, 1.82) is 0 Å². The van der Waals surface area contributed by atoms with Gasteiger partial charge in [-0.3, -0.25) is 0 Å². The van der Waals surface area contributed by atoms with Crippen molar-refractivity contribution in [3.8, 4) is 0 Å². The Balaban J connectivity index is 2.25. The third kappa shape index (κ3) is 2.27. The lowest BCUT2D eigenvalue weighted by Crippen LogP contribution is -2.41. The first-order valence-corrected chi connectivity index (χ1v) is 7.36. The summed E-state index contributed by atoms with van der Waals surface area (Å²) in [5.41, 5.74) is 0. The summed E-state index contributed by atoms with van der Waals surface area (Å²) in [6.07, 6.45) is 2.22. The van der Waals surface area contributed by atoms with Crippen LogP contribution >= 0.6 is 11.3 Å². The van der Waals surface area contributed by atoms with Gasteiger partial charge in [-0.25, -0.2) is 13.4 Å². The molecule has 0 amide bonds. The van der Waals surface area contributed by atoms with E-state index >= 15 is 0 Å². The molecule has 1 aromatic rings. The van der Waals surface area contributed by atoms with Crippen molar-refractivity contribution < 1.29 is 13.5 Å². The Morgan fingerprint density at radius 1 is 1.62 bits per heavy atom. The summed E-state index contributed by atoms with van der Waals surface area (Å²) in [5, 5.41) is 10.2. The Morgan fingerprint density at radius 3 is 2.94 bits per heavy atom. The maximum Gasteiger partial charge on any atom is 0.254 e. The molecule has 1 fully saturated rings. The lowest BCUT2D eigenvalue weighted by atomic mass is 10.1. The predicted octanol–water partition coefficient (Wildman–Crippen LogP) is 0.597. The van der Waals surface area contributed by atoms with Gasteiger partial charge in [0, 0.05) is 13.1 Å². The first kappa shape index (κ1) is 12.0. The van der Waals surface area contributed by atoms with E-state index in [-0.39, 0.29) is 10.8 Å². The largest absolute Gasteiger partial charge is 0.392 e. The Hall–Kier alpha value is -0.500. The summed E-state index contributed by atoms with van der Waals surface area (Å²) in [6.45, 7) is 2.45. The zero-order valence-electron chi connectivity index (χ0n) is 8.96. The van der Waals surface area contributed by atoms with Gasteiger partial charge in [0.25, 0.3) is 10.0 Å². The van der Waals surface area contributed by atoms with Crippen LogP contribution in [0.2, 0.25) is 0 Å². The quantitative estimate of drug-likeness (QED) is 0.847. The van der Waals surface area contributed by atoms with Crippen LogP contribution in [0.1, 0.15) is 17.8 Å². The van der Waals surface area contributed by atoms with Crippen molar-refractivity contribution in [2.45, 2.75) is 30.1 Å². The fraction of sp³-hybridized carbons (Fsp3) is 0.667. The number of aryl methyl sites for hydroxylation is 1. The summed E-state index contributed by atoms with van der Waals surface area (Å²) < 4.78 is 25.9. The minimum absolute atomic E-state index is 0.194. The average molecular weight is 262 g/mol. The lowest BCUT2D eigenvalue weighted by Gasteiger charge is -2.28. The van der Waals surface area contributed by atoms with Crippen LogP contribution in [0.3, 0.4) is 0 Å². The minimum Gasteiger partial charge on any atom is -0.392 e. The number of nitrogens with zero attached hydrogens (tertiary/aromatic N) is 2. The highest BCUT2D eigenvalue weighted by Gasteiger charge is 2.30. The van der Waals surface area contributed by atoms with E-state index in [0.717, 1.165) is 5.01 Å². The van der Waals surface area contributed by atoms with Gasteiger partial charge in [-0.1, -0.05) is 0 Å². The van der Waals surface area contributed by atoms with Crippen molar-refractivity contribution in [3.63, 3.8) is 0 Å². The molecule has 7 heteroatoms. The number of β-amino-alcohol motifs (C(OH)–C–C–N with tert-alkyl or cyclic N) is 1. The standard InChI is InChI=1S/C9H14N2O3S2/c1-7-10-5-9(15-7)16(13,14)11-4-2-3-8(12)6-11/h5,8,12H,2-4,6H2,1H3/t8-/m0/s1. The minimum atomic E-state index is -3.44. The molecule has 0 unspecified atom stereocenters. The van der Waals surface area contributed by atoms with Crippen LogP contribution < -0.4 is 0 Å². The normalized spacial score (nSPS) is 23.5. The summed E-state index contributed by atoms with van der Waals surface area (Å²) in [6, 6.07) is 0. The first-order chi connectivity index (χ1) is 7.50. The molecule has 0 aromatic carbocycles. The smallest absolute Gasteiger partial charge is 0.254 e. The maximum atomic E-state index is 12.1. The molecule has 2 rings (SSSR count). The second-order valence-electron chi connectivity index (χ2n) is 3.86. The van der Waals surface area contributed by atoms with E-state index in [1.54, 1.807) is 6.92 Å². The van der Waals surface area contributed by atoms with Gasteiger partial charge >= 0.3 is 0 Å². The van der Waals surface area contributed by atoms with E-state index in [0.29, 0.717) is 19.4 Å². The van der Waals surface area contributed by atoms with Crippen LogP contribution in [0, 0.1) is 6.92 Å². The number of rotatable bonds is 2. The third-order valence-electron chi connectivity index (χ3n) is 2.55. The van der Waals surface area contributed by atoms with Gasteiger partial charge in [0.05, 0.1) is 17.3 Å². The first-order valence-electron chi connectivity index (χ1n) is 5.11. The SMILES string of the molecule is Cc1ncc(S(=O)(=O)N2CCC[C@H](O)C2)s1. The van der Waals surface area contributed by atoms with Crippen molar-refractivity contribution >= 4 is 21.4 Å². The number of hydrogen-bond donors (Lipinski definition) is 1. The Bertz CT molecular complexity index is 469. The molecule has 5 nitrogen and oxygen atoms in total. The third-order valence-corrected chi connectivity index (χ3v) is 5.77. The highest BCUT2D eigenvalue weighted by atomic mass is 32.2. The van der Waals surface area contributed by atoms with Crippen LogP contribution in [-0.4, -0.2) is 42.0 Å². The number of aromatic nitrogens is 1. The molecule has 90 valence electrons. The molecule has 1 aromatic heterocycles. The molecule has 1 saturated heterocycles. The Morgan fingerprint density at radius 2 is 2.38 bits per heavy atom. The van der Waals surface area contributed by atoms with Gasteiger partial charge in [-0.05, 0) is 19.8 Å². The monoisotopic (exact) mass is 262 g/mol. The Kier molecular flexibility index (Phi) is 3.29. The van der Waals surface area contributed by atoms with E-state index < -0.39 is 16.1 Å². The number of hydrogen-bond acceptors (Lipinski definition) is 5. The number of aliphatic hydroxyl groups excluding tert-OH is 1. The number of aliphatic hydroxyl groups is 1. The fourth-order valence-corrected chi connectivity index (χ4v) is 4.51. The van der Waals surface area contributed by atoms with Crippen molar-refractivity contribution in [2.75, 3.05) is 13.1 Å². The van der Waals surface area contributed by atoms with Crippen LogP contribution in [0.5, 0.6) is 0 Å². The van der Waals surface area contributed by atoms with Crippen molar-refractivity contribution in [3.05, 3.63) is 11.2 Å². The van der Waals surface area contributed by atoms with Crippen molar-refractivity contribution in [2.24, 2.45) is 0 Å². The second kappa shape index (κ2) is 4.40. The number of piperidine rings is 1. The fourth-order valence-electron chi connectivity index (χ4n) is 1.73. The second-order valence-corrected chi connectivity index (χ2v) is 7.26. The molecule has 2 heterocycles. The van der Waals surface area contributed by atoms with E-state index in [1.807, 2.05) is 0 Å². The number of sulfonamides is 1. The molecule has 0 radical (unpaired) electrons. The van der Waals surface area contributed by atoms with Gasteiger partial charge in [0.2, 0.25) is 0 Å². The van der Waals surface area contributed by atoms with Crippen LogP contribution in [0.4, 0.5) is 0 Å². The highest BCUT2D eigenvalue weighted by Crippen LogP contribution is 2.24. The van der Waals surface area contributed by atoms with Crippen LogP contribution in [0.25, 0.3) is 0 Å². The van der Waals surface area contributed by atoms with Crippen LogP contribution in [-0.2, 0) is 10.0 Å². The summed E-state index contributed by atoms with van der Waals surface area (Å²) in [4.78, 5) is 3.95. The highest BCUT2D eigenvalue weighted by molar-refractivity contribution is 7.91. The van der Waals surface area contributed by atoms with Gasteiger partial charge in [0.1, 0.15) is 0 Å².